The van der Waals surface area contributed by atoms with Crippen LogP contribution in [0.1, 0.15) is 26.7 Å². The highest BCUT2D eigenvalue weighted by Crippen LogP contribution is 2.23. The fraction of sp³-hybridized carbons (Fsp3) is 0.750. The molecule has 1 rings (SSSR count). The molecule has 7 nitrogen and oxygen atoms in total. The van der Waals surface area contributed by atoms with Crippen LogP contribution in [0.25, 0.3) is 0 Å². The number of carboxylic acid groups (broad SMARTS) is 1. The van der Waals surface area contributed by atoms with Gasteiger partial charge in [0.2, 0.25) is 5.91 Å². The fourth-order valence-electron chi connectivity index (χ4n) is 2.31. The molecule has 3 N–H and O–H groups in total. The summed E-state index contributed by atoms with van der Waals surface area (Å²) in [6, 6.07) is -1.31. The number of amides is 3. The summed E-state index contributed by atoms with van der Waals surface area (Å²) in [5, 5.41) is 14.2. The van der Waals surface area contributed by atoms with Gasteiger partial charge < -0.3 is 20.6 Å². The predicted molar refractivity (Wildman–Crippen MR) is 68.6 cm³/mol. The maximum atomic E-state index is 11.9. The Balaban J connectivity index is 2.58. The average Bonchev–Trinajstić information content (AvgIpc) is 2.35. The van der Waals surface area contributed by atoms with Crippen molar-refractivity contribution in [2.75, 3.05) is 19.6 Å². The molecule has 0 aromatic rings. The molecule has 3 amide bonds. The Bertz CT molecular complexity index is 359. The van der Waals surface area contributed by atoms with Crippen molar-refractivity contribution in [3.8, 4) is 0 Å². The largest absolute Gasteiger partial charge is 0.480 e. The van der Waals surface area contributed by atoms with Crippen molar-refractivity contribution in [2.45, 2.75) is 32.7 Å². The molecule has 108 valence electrons. The van der Waals surface area contributed by atoms with Crippen LogP contribution in [-0.2, 0) is 9.59 Å². The van der Waals surface area contributed by atoms with Gasteiger partial charge in [0.1, 0.15) is 6.04 Å². The molecule has 7 heteroatoms. The quantitative estimate of drug-likeness (QED) is 0.671. The first-order chi connectivity index (χ1) is 8.97. The van der Waals surface area contributed by atoms with Gasteiger partial charge >= 0.3 is 12.0 Å². The van der Waals surface area contributed by atoms with E-state index >= 15 is 0 Å². The first kappa shape index (κ1) is 15.3. The summed E-state index contributed by atoms with van der Waals surface area (Å²) < 4.78 is 0. The van der Waals surface area contributed by atoms with Crippen LogP contribution in [0.3, 0.4) is 0 Å². The van der Waals surface area contributed by atoms with E-state index < -0.39 is 18.0 Å². The molecule has 0 aromatic heterocycles. The van der Waals surface area contributed by atoms with Gasteiger partial charge in [-0.2, -0.15) is 0 Å². The number of rotatable bonds is 4. The van der Waals surface area contributed by atoms with Crippen LogP contribution < -0.4 is 10.6 Å². The van der Waals surface area contributed by atoms with Gasteiger partial charge in [0.25, 0.3) is 0 Å². The van der Waals surface area contributed by atoms with Gasteiger partial charge in [0, 0.05) is 13.1 Å². The number of nitrogens with one attached hydrogen (secondary N) is 2. The lowest BCUT2D eigenvalue weighted by Gasteiger charge is -2.37. The molecule has 0 bridgehead atoms. The molecule has 1 aliphatic heterocycles. The van der Waals surface area contributed by atoms with Crippen molar-refractivity contribution in [3.63, 3.8) is 0 Å². The lowest BCUT2D eigenvalue weighted by atomic mass is 9.91. The van der Waals surface area contributed by atoms with E-state index in [-0.39, 0.29) is 18.4 Å². The van der Waals surface area contributed by atoms with Crippen molar-refractivity contribution in [2.24, 2.45) is 5.92 Å². The van der Waals surface area contributed by atoms with E-state index in [0.29, 0.717) is 13.1 Å². The first-order valence-corrected chi connectivity index (χ1v) is 6.51. The van der Waals surface area contributed by atoms with Gasteiger partial charge in [0.15, 0.2) is 0 Å². The molecule has 1 heterocycles. The number of likely N-dealkylation sites (N-methyl/N-ethyl adjacent to an activating group) is 1. The molecule has 0 radical (unpaired) electrons. The minimum Gasteiger partial charge on any atom is -0.480 e. The summed E-state index contributed by atoms with van der Waals surface area (Å²) in [7, 11) is 0. The lowest BCUT2D eigenvalue weighted by molar-refractivity contribution is -0.145. The maximum absolute atomic E-state index is 11.9. The molecule has 0 spiro atoms. The Morgan fingerprint density at radius 3 is 2.58 bits per heavy atom. The minimum atomic E-state index is -1.000. The minimum absolute atomic E-state index is 0.0820. The van der Waals surface area contributed by atoms with Crippen molar-refractivity contribution in [1.82, 2.24) is 15.5 Å². The van der Waals surface area contributed by atoms with Crippen LogP contribution in [0.4, 0.5) is 4.79 Å². The monoisotopic (exact) mass is 271 g/mol. The molecule has 1 fully saturated rings. The number of likely N-dealkylation sites (tertiary alicyclic amines) is 1. The molecular formula is C12H21N3O4. The summed E-state index contributed by atoms with van der Waals surface area (Å²) in [4.78, 5) is 35.7. The van der Waals surface area contributed by atoms with E-state index in [1.165, 1.54) is 4.90 Å². The van der Waals surface area contributed by atoms with Crippen molar-refractivity contribution >= 4 is 17.9 Å². The Morgan fingerprint density at radius 2 is 2.00 bits per heavy atom. The molecule has 1 saturated heterocycles. The topological polar surface area (TPSA) is 98.7 Å². The van der Waals surface area contributed by atoms with Crippen LogP contribution in [-0.4, -0.2) is 53.6 Å². The second kappa shape index (κ2) is 6.96. The van der Waals surface area contributed by atoms with E-state index in [9.17, 15) is 19.5 Å². The molecule has 0 aromatic carbocycles. The molecule has 1 aliphatic rings. The first-order valence-electron chi connectivity index (χ1n) is 6.51. The highest BCUT2D eigenvalue weighted by molar-refractivity contribution is 5.86. The van der Waals surface area contributed by atoms with Crippen LogP contribution in [0, 0.1) is 5.92 Å². The Morgan fingerprint density at radius 1 is 1.32 bits per heavy atom. The molecule has 0 saturated carbocycles. The van der Waals surface area contributed by atoms with E-state index in [4.69, 9.17) is 0 Å². The number of piperidine rings is 1. The molecular weight excluding hydrogens is 250 g/mol. The third kappa shape index (κ3) is 4.11. The number of carbonyl (C=O) groups excluding carboxylic acids is 2. The lowest BCUT2D eigenvalue weighted by Crippen LogP contribution is -2.56. The fourth-order valence-corrected chi connectivity index (χ4v) is 2.31. The van der Waals surface area contributed by atoms with E-state index in [1.807, 2.05) is 6.92 Å². The third-order valence-corrected chi connectivity index (χ3v) is 3.22. The van der Waals surface area contributed by atoms with Crippen LogP contribution in [0.2, 0.25) is 0 Å². The SMILES string of the molecule is CCNC(=O)CNC(=O)N1CCCC(C)C1C(=O)O. The van der Waals surface area contributed by atoms with Crippen molar-refractivity contribution < 1.29 is 19.5 Å². The van der Waals surface area contributed by atoms with E-state index in [1.54, 1.807) is 6.92 Å². The number of aliphatic carboxylic acids is 1. The smallest absolute Gasteiger partial charge is 0.326 e. The predicted octanol–water partition coefficient (Wildman–Crippen LogP) is 0.0172. The van der Waals surface area contributed by atoms with Gasteiger partial charge in [0.05, 0.1) is 6.54 Å². The molecule has 2 atom stereocenters. The number of hydrogen-bond donors (Lipinski definition) is 3. The highest BCUT2D eigenvalue weighted by atomic mass is 16.4. The van der Waals surface area contributed by atoms with Crippen molar-refractivity contribution in [3.05, 3.63) is 0 Å². The Hall–Kier alpha value is -1.79. The van der Waals surface area contributed by atoms with Crippen LogP contribution in [0.15, 0.2) is 0 Å². The second-order valence-corrected chi connectivity index (χ2v) is 4.71. The van der Waals surface area contributed by atoms with Crippen LogP contribution in [0.5, 0.6) is 0 Å². The van der Waals surface area contributed by atoms with Gasteiger partial charge in [-0.25, -0.2) is 9.59 Å². The summed E-state index contributed by atoms with van der Waals surface area (Å²) in [5.74, 6) is -1.37. The van der Waals surface area contributed by atoms with Gasteiger partial charge in [-0.05, 0) is 25.7 Å². The number of carbonyl (C=O) groups is 3. The summed E-state index contributed by atoms with van der Waals surface area (Å²) >= 11 is 0. The Kier molecular flexibility index (Phi) is 5.59. The van der Waals surface area contributed by atoms with Crippen molar-refractivity contribution in [1.29, 1.82) is 0 Å². The number of urea groups is 1. The summed E-state index contributed by atoms with van der Waals surface area (Å²) in [6.45, 7) is 4.37. The number of nitrogens with zero attached hydrogens (tertiary/aromatic N) is 1. The highest BCUT2D eigenvalue weighted by Gasteiger charge is 2.36. The number of carboxylic acids is 1. The molecule has 2 unspecified atom stereocenters. The Labute approximate surface area is 112 Å². The van der Waals surface area contributed by atoms with Gasteiger partial charge in [-0.15, -0.1) is 0 Å². The van der Waals surface area contributed by atoms with E-state index in [2.05, 4.69) is 10.6 Å². The standard InChI is InChI=1S/C12H21N3O4/c1-3-13-9(16)7-14-12(19)15-6-4-5-8(2)10(15)11(17)18/h8,10H,3-7H2,1-2H3,(H,13,16)(H,14,19)(H,17,18). The summed E-state index contributed by atoms with van der Waals surface area (Å²) in [5.41, 5.74) is 0. The van der Waals surface area contributed by atoms with Crippen LogP contribution >= 0.6 is 0 Å². The average molecular weight is 271 g/mol. The van der Waals surface area contributed by atoms with E-state index in [0.717, 1.165) is 12.8 Å². The molecule has 0 aliphatic carbocycles. The summed E-state index contributed by atoms with van der Waals surface area (Å²) in [6.07, 6.45) is 1.57. The number of hydrogen-bond acceptors (Lipinski definition) is 3. The third-order valence-electron chi connectivity index (χ3n) is 3.22. The zero-order valence-electron chi connectivity index (χ0n) is 11.3. The zero-order valence-corrected chi connectivity index (χ0v) is 11.3. The van der Waals surface area contributed by atoms with Gasteiger partial charge in [-0.3, -0.25) is 4.79 Å². The molecule has 19 heavy (non-hydrogen) atoms. The zero-order chi connectivity index (χ0) is 14.4. The maximum Gasteiger partial charge on any atom is 0.326 e. The normalized spacial score (nSPS) is 22.7. The second-order valence-electron chi connectivity index (χ2n) is 4.71. The van der Waals surface area contributed by atoms with Gasteiger partial charge in [-0.1, -0.05) is 6.92 Å².